The van der Waals surface area contributed by atoms with Gasteiger partial charge in [0, 0.05) is 7.05 Å². The van der Waals surface area contributed by atoms with E-state index in [9.17, 15) is 4.48 Å². The molecule has 0 aliphatic heterocycles. The second-order valence-electron chi connectivity index (χ2n) is 1.78. The molecule has 0 unspecified atom stereocenters. The molecule has 0 radical (unpaired) electrons. The van der Waals surface area contributed by atoms with E-state index in [0.29, 0.717) is 5.71 Å². The number of halogens is 2. The van der Waals surface area contributed by atoms with Crippen LogP contribution in [-0.4, -0.2) is 29.4 Å². The molecule has 0 aliphatic rings. The number of nitrogens with zero attached hydrogens (tertiary/aromatic N) is 3. The zero-order valence-electron chi connectivity index (χ0n) is 7.01. The Hall–Kier alpha value is -0.420. The lowest BCUT2D eigenvalue weighted by Gasteiger charge is -1.95. The number of hydrogen-bond donors (Lipinski definition) is 0. The molecule has 12 heavy (non-hydrogen) atoms. The van der Waals surface area contributed by atoms with Gasteiger partial charge in [-0.15, -0.1) is 0 Å². The van der Waals surface area contributed by atoms with Crippen LogP contribution in [0.5, 0.6) is 0 Å². The van der Waals surface area contributed by atoms with Crippen molar-refractivity contribution in [3.05, 3.63) is 0 Å². The third-order valence-corrected chi connectivity index (χ3v) is 1.98. The lowest BCUT2D eigenvalue weighted by molar-refractivity contribution is 0.539. The number of rotatable bonds is 1. The Labute approximate surface area is 79.8 Å². The van der Waals surface area contributed by atoms with Crippen molar-refractivity contribution in [2.75, 3.05) is 13.3 Å². The zero-order valence-corrected chi connectivity index (χ0v) is 8.58. The minimum Gasteiger partial charge on any atom is -0.275 e. The van der Waals surface area contributed by atoms with Crippen LogP contribution in [0.2, 0.25) is 0 Å². The molecule has 0 amide bonds. The van der Waals surface area contributed by atoms with Gasteiger partial charge in [0.25, 0.3) is 0 Å². The molecule has 0 atom stereocenters. The van der Waals surface area contributed by atoms with Gasteiger partial charge in [0.1, 0.15) is 5.17 Å². The van der Waals surface area contributed by atoms with E-state index in [1.54, 1.807) is 13.2 Å². The monoisotopic (exact) mass is 209 g/mol. The summed E-state index contributed by atoms with van der Waals surface area (Å²) in [5.74, 6) is 0. The van der Waals surface area contributed by atoms with Crippen molar-refractivity contribution < 1.29 is 4.48 Å². The molecular formula is C6H9ClFN3S. The molecule has 6 heteroatoms. The van der Waals surface area contributed by atoms with Crippen LogP contribution in [0.4, 0.5) is 4.48 Å². The fraction of sp³-hybridized carbons (Fsp3) is 0.500. The Kier molecular flexibility index (Phi) is 5.92. The Morgan fingerprint density at radius 2 is 2.08 bits per heavy atom. The van der Waals surface area contributed by atoms with Crippen molar-refractivity contribution in [1.29, 1.82) is 0 Å². The van der Waals surface area contributed by atoms with Gasteiger partial charge in [-0.3, -0.25) is 4.99 Å². The van der Waals surface area contributed by atoms with E-state index in [0.717, 1.165) is 11.8 Å². The van der Waals surface area contributed by atoms with Gasteiger partial charge in [-0.1, -0.05) is 33.1 Å². The Bertz CT molecular complexity index is 237. The molecule has 0 aromatic carbocycles. The normalized spacial score (nSPS) is 15.2. The van der Waals surface area contributed by atoms with Crippen LogP contribution in [-0.2, 0) is 0 Å². The smallest absolute Gasteiger partial charge is 0.219 e. The topological polar surface area (TPSA) is 37.1 Å². The number of thioether (sulfide) groups is 1. The first-order valence-electron chi connectivity index (χ1n) is 3.06. The highest BCUT2D eigenvalue weighted by Crippen LogP contribution is 2.02. The molecule has 68 valence electrons. The summed E-state index contributed by atoms with van der Waals surface area (Å²) in [6.45, 7) is 1.64. The van der Waals surface area contributed by atoms with Crippen LogP contribution in [0.1, 0.15) is 6.92 Å². The van der Waals surface area contributed by atoms with Crippen LogP contribution in [0, 0.1) is 0 Å². The summed E-state index contributed by atoms with van der Waals surface area (Å²) in [5.41, 5.74) is 0.449. The number of hydrogen-bond acceptors (Lipinski definition) is 3. The Morgan fingerprint density at radius 1 is 1.50 bits per heavy atom. The molecular weight excluding hydrogens is 201 g/mol. The summed E-state index contributed by atoms with van der Waals surface area (Å²) in [4.78, 5) is 7.45. The lowest BCUT2D eigenvalue weighted by atomic mass is 10.5. The first-order chi connectivity index (χ1) is 5.65. The van der Waals surface area contributed by atoms with Crippen molar-refractivity contribution in [2.45, 2.75) is 6.92 Å². The van der Waals surface area contributed by atoms with Gasteiger partial charge in [0.15, 0.2) is 0 Å². The predicted molar refractivity (Wildman–Crippen MR) is 54.4 cm³/mol. The average molecular weight is 210 g/mol. The zero-order chi connectivity index (χ0) is 9.56. The summed E-state index contributed by atoms with van der Waals surface area (Å²) in [5, 5.41) is 2.73. The first kappa shape index (κ1) is 11.6. The fourth-order valence-electron chi connectivity index (χ4n) is 0.450. The molecule has 3 nitrogen and oxygen atoms in total. The second kappa shape index (κ2) is 6.14. The van der Waals surface area contributed by atoms with Gasteiger partial charge in [0.2, 0.25) is 5.17 Å². The molecule has 0 heterocycles. The van der Waals surface area contributed by atoms with E-state index in [1.807, 2.05) is 0 Å². The molecule has 0 aromatic heterocycles. The summed E-state index contributed by atoms with van der Waals surface area (Å²) in [6, 6.07) is 0. The van der Waals surface area contributed by atoms with Crippen molar-refractivity contribution in [3.8, 4) is 0 Å². The fourth-order valence-corrected chi connectivity index (χ4v) is 0.790. The highest BCUT2D eigenvalue weighted by molar-refractivity contribution is 8.13. The maximum atomic E-state index is 11.8. The van der Waals surface area contributed by atoms with Gasteiger partial charge in [-0.25, -0.2) is 4.99 Å². The van der Waals surface area contributed by atoms with Crippen LogP contribution in [0.3, 0.4) is 0 Å². The van der Waals surface area contributed by atoms with Gasteiger partial charge < -0.3 is 0 Å². The third kappa shape index (κ3) is 3.82. The molecule has 0 N–H and O–H groups in total. The molecule has 0 aromatic rings. The van der Waals surface area contributed by atoms with Crippen molar-refractivity contribution >= 4 is 39.4 Å². The highest BCUT2D eigenvalue weighted by atomic mass is 35.5. The minimum atomic E-state index is 0.0364. The van der Waals surface area contributed by atoms with Crippen LogP contribution in [0.15, 0.2) is 15.2 Å². The molecule has 0 rings (SSSR count). The minimum absolute atomic E-state index is 0.0364. The van der Waals surface area contributed by atoms with E-state index in [-0.39, 0.29) is 10.3 Å². The molecule has 0 fully saturated rings. The molecule has 0 spiro atoms. The summed E-state index contributed by atoms with van der Waals surface area (Å²) >= 11 is 6.71. The predicted octanol–water partition coefficient (Wildman–Crippen LogP) is 2.32. The maximum absolute atomic E-state index is 11.8. The van der Waals surface area contributed by atoms with Crippen molar-refractivity contribution in [1.82, 2.24) is 0 Å². The molecule has 0 aliphatic carbocycles. The largest absolute Gasteiger partial charge is 0.275 e. The van der Waals surface area contributed by atoms with E-state index in [1.165, 1.54) is 7.05 Å². The highest BCUT2D eigenvalue weighted by Gasteiger charge is 2.00. The molecule has 0 saturated carbocycles. The van der Waals surface area contributed by atoms with Gasteiger partial charge in [0.05, 0.1) is 5.71 Å². The van der Waals surface area contributed by atoms with Gasteiger partial charge >= 0.3 is 0 Å². The Morgan fingerprint density at radius 3 is 2.42 bits per heavy atom. The average Bonchev–Trinajstić information content (AvgIpc) is 2.12. The first-order valence-corrected chi connectivity index (χ1v) is 4.66. The molecule has 0 bridgehead atoms. The van der Waals surface area contributed by atoms with Crippen LogP contribution >= 0.6 is 23.4 Å². The van der Waals surface area contributed by atoms with E-state index in [4.69, 9.17) is 11.6 Å². The standard InChI is InChI=1S/C6H9ClFN3S/c1-4(5(7)9-2)10-6(11-8)12-3/h1-3H3. The van der Waals surface area contributed by atoms with Gasteiger partial charge in [-0.2, -0.15) is 0 Å². The van der Waals surface area contributed by atoms with Crippen molar-refractivity contribution in [3.63, 3.8) is 0 Å². The number of amidine groups is 1. The lowest BCUT2D eigenvalue weighted by Crippen LogP contribution is -2.04. The van der Waals surface area contributed by atoms with E-state index < -0.39 is 0 Å². The quantitative estimate of drug-likeness (QED) is 0.482. The summed E-state index contributed by atoms with van der Waals surface area (Å²) in [7, 11) is 1.53. The second-order valence-corrected chi connectivity index (χ2v) is 2.91. The summed E-state index contributed by atoms with van der Waals surface area (Å²) in [6.07, 6.45) is 1.67. The summed E-state index contributed by atoms with van der Waals surface area (Å²) < 4.78 is 11.8. The SMILES string of the molecule is CN=C(Cl)C(C)=NC(=NF)SC. The Balaban J connectivity index is 4.55. The number of aliphatic imine (C=N–C) groups is 2. The van der Waals surface area contributed by atoms with Crippen LogP contribution < -0.4 is 0 Å². The van der Waals surface area contributed by atoms with E-state index in [2.05, 4.69) is 15.2 Å². The third-order valence-electron chi connectivity index (χ3n) is 1.01. The maximum Gasteiger partial charge on any atom is 0.219 e. The van der Waals surface area contributed by atoms with Crippen molar-refractivity contribution in [2.24, 2.45) is 15.2 Å². The van der Waals surface area contributed by atoms with Crippen LogP contribution in [0.25, 0.3) is 0 Å². The van der Waals surface area contributed by atoms with Gasteiger partial charge in [-0.05, 0) is 13.2 Å². The van der Waals surface area contributed by atoms with E-state index >= 15 is 0 Å². The molecule has 0 saturated heterocycles.